The molecule has 2 aromatic carbocycles. The van der Waals surface area contributed by atoms with Gasteiger partial charge in [0, 0.05) is 12.1 Å². The largest absolute Gasteiger partial charge is 0.493 e. The van der Waals surface area contributed by atoms with Gasteiger partial charge in [0.05, 0.1) is 46.4 Å². The van der Waals surface area contributed by atoms with Gasteiger partial charge >= 0.3 is 0 Å². The molecular formula is C23H33N2O2+. The van der Waals surface area contributed by atoms with Crippen LogP contribution in [0.1, 0.15) is 23.6 Å². The first kappa shape index (κ1) is 19.6. The Kier molecular flexibility index (Phi) is 6.27. The van der Waals surface area contributed by atoms with Crippen LogP contribution in [0, 0.1) is 13.8 Å². The molecule has 0 bridgehead atoms. The van der Waals surface area contributed by atoms with E-state index in [1.165, 1.54) is 35.5 Å². The van der Waals surface area contributed by atoms with Crippen LogP contribution in [0.15, 0.2) is 36.4 Å². The van der Waals surface area contributed by atoms with Crippen LogP contribution in [0.2, 0.25) is 0 Å². The highest BCUT2D eigenvalue weighted by Crippen LogP contribution is 2.28. The Labute approximate surface area is 163 Å². The van der Waals surface area contributed by atoms with Crippen molar-refractivity contribution in [1.29, 1.82) is 0 Å². The third-order valence-electron chi connectivity index (χ3n) is 5.80. The average molecular weight is 370 g/mol. The normalized spacial score (nSPS) is 16.3. The Bertz CT molecular complexity index is 767. The van der Waals surface area contributed by atoms with Crippen molar-refractivity contribution in [3.8, 4) is 11.5 Å². The van der Waals surface area contributed by atoms with Crippen molar-refractivity contribution >= 4 is 5.69 Å². The van der Waals surface area contributed by atoms with E-state index >= 15 is 0 Å². The van der Waals surface area contributed by atoms with Crippen LogP contribution >= 0.6 is 0 Å². The van der Waals surface area contributed by atoms with Gasteiger partial charge in [-0.25, -0.2) is 0 Å². The third-order valence-corrected chi connectivity index (χ3v) is 5.80. The molecule has 0 radical (unpaired) electrons. The number of aryl methyl sites for hydroxylation is 2. The maximum atomic E-state index is 5.45. The van der Waals surface area contributed by atoms with E-state index in [2.05, 4.69) is 56.0 Å². The van der Waals surface area contributed by atoms with E-state index in [0.717, 1.165) is 31.0 Å². The summed E-state index contributed by atoms with van der Waals surface area (Å²) in [7, 11) is 3.38. The number of hydrogen-bond donors (Lipinski definition) is 1. The zero-order valence-corrected chi connectivity index (χ0v) is 17.3. The van der Waals surface area contributed by atoms with Crippen molar-refractivity contribution in [2.75, 3.05) is 45.3 Å². The second-order valence-electron chi connectivity index (χ2n) is 7.73. The summed E-state index contributed by atoms with van der Waals surface area (Å²) in [6.45, 7) is 11.4. The quantitative estimate of drug-likeness (QED) is 0.848. The van der Waals surface area contributed by atoms with E-state index < -0.39 is 0 Å². The lowest BCUT2D eigenvalue weighted by Gasteiger charge is -2.37. The zero-order valence-electron chi connectivity index (χ0n) is 17.3. The van der Waals surface area contributed by atoms with Crippen molar-refractivity contribution in [2.45, 2.75) is 33.2 Å². The number of anilines is 1. The molecule has 1 N–H and O–H groups in total. The fourth-order valence-corrected chi connectivity index (χ4v) is 4.09. The van der Waals surface area contributed by atoms with Crippen LogP contribution in [-0.4, -0.2) is 46.4 Å². The SMILES string of the molecule is COc1ccc(C[C@H](C)[NH+]2CCN(c3cc(C)ccc3C)CC2)cc1OC. The molecule has 1 atom stereocenters. The van der Waals surface area contributed by atoms with E-state index in [1.807, 2.05) is 6.07 Å². The highest BCUT2D eigenvalue weighted by atomic mass is 16.5. The summed E-state index contributed by atoms with van der Waals surface area (Å²) in [5, 5.41) is 0. The van der Waals surface area contributed by atoms with E-state index in [0.29, 0.717) is 6.04 Å². The number of rotatable bonds is 6. The third kappa shape index (κ3) is 4.56. The first-order chi connectivity index (χ1) is 13.0. The summed E-state index contributed by atoms with van der Waals surface area (Å²) in [5.74, 6) is 1.61. The average Bonchev–Trinajstić information content (AvgIpc) is 2.69. The first-order valence-corrected chi connectivity index (χ1v) is 9.89. The second kappa shape index (κ2) is 8.66. The number of piperazine rings is 1. The molecular weight excluding hydrogens is 336 g/mol. The second-order valence-corrected chi connectivity index (χ2v) is 7.73. The number of methoxy groups -OCH3 is 2. The topological polar surface area (TPSA) is 26.1 Å². The van der Waals surface area contributed by atoms with Gasteiger partial charge in [0.15, 0.2) is 11.5 Å². The fourth-order valence-electron chi connectivity index (χ4n) is 4.09. The molecule has 0 unspecified atom stereocenters. The van der Waals surface area contributed by atoms with E-state index in [4.69, 9.17) is 9.47 Å². The molecule has 1 aliphatic heterocycles. The Hall–Kier alpha value is -2.20. The molecule has 1 saturated heterocycles. The monoisotopic (exact) mass is 369 g/mol. The predicted molar refractivity (Wildman–Crippen MR) is 112 cm³/mol. The molecule has 1 heterocycles. The van der Waals surface area contributed by atoms with Gasteiger partial charge in [-0.05, 0) is 55.7 Å². The minimum atomic E-state index is 0.587. The van der Waals surface area contributed by atoms with Gasteiger partial charge in [0.1, 0.15) is 0 Å². The highest BCUT2D eigenvalue weighted by molar-refractivity contribution is 5.55. The number of ether oxygens (including phenoxy) is 2. The van der Waals surface area contributed by atoms with Gasteiger partial charge in [0.2, 0.25) is 0 Å². The maximum Gasteiger partial charge on any atom is 0.160 e. The standard InChI is InChI=1S/C23H32N2O2/c1-17-6-7-18(2)21(14-17)25-12-10-24(11-13-25)19(3)15-20-8-9-22(26-4)23(16-20)27-5/h6-9,14,16,19H,10-13,15H2,1-5H3/p+1/t19-/m0/s1. The van der Waals surface area contributed by atoms with Gasteiger partial charge < -0.3 is 19.3 Å². The van der Waals surface area contributed by atoms with Gasteiger partial charge in [-0.15, -0.1) is 0 Å². The lowest BCUT2D eigenvalue weighted by Crippen LogP contribution is -3.18. The van der Waals surface area contributed by atoms with Crippen molar-refractivity contribution in [3.05, 3.63) is 53.1 Å². The molecule has 0 amide bonds. The van der Waals surface area contributed by atoms with Crippen LogP contribution in [0.3, 0.4) is 0 Å². The zero-order chi connectivity index (χ0) is 19.4. The molecule has 0 saturated carbocycles. The summed E-state index contributed by atoms with van der Waals surface area (Å²) in [6.07, 6.45) is 1.05. The molecule has 2 aromatic rings. The molecule has 146 valence electrons. The number of benzene rings is 2. The van der Waals surface area contributed by atoms with Crippen LogP contribution in [0.5, 0.6) is 11.5 Å². The molecule has 1 fully saturated rings. The summed E-state index contributed by atoms with van der Waals surface area (Å²) >= 11 is 0. The van der Waals surface area contributed by atoms with Gasteiger partial charge in [-0.3, -0.25) is 0 Å². The van der Waals surface area contributed by atoms with E-state index in [1.54, 1.807) is 19.1 Å². The molecule has 27 heavy (non-hydrogen) atoms. The summed E-state index contributed by atoms with van der Waals surface area (Å²) in [5.41, 5.74) is 5.43. The number of quaternary nitrogens is 1. The van der Waals surface area contributed by atoms with E-state index in [9.17, 15) is 0 Å². The highest BCUT2D eigenvalue weighted by Gasteiger charge is 2.25. The van der Waals surface area contributed by atoms with Gasteiger partial charge in [-0.2, -0.15) is 0 Å². The van der Waals surface area contributed by atoms with Crippen molar-refractivity contribution in [1.82, 2.24) is 0 Å². The minimum Gasteiger partial charge on any atom is -0.493 e. The molecule has 0 aliphatic carbocycles. The van der Waals surface area contributed by atoms with Crippen molar-refractivity contribution in [3.63, 3.8) is 0 Å². The molecule has 4 heteroatoms. The predicted octanol–water partition coefficient (Wildman–Crippen LogP) is 2.66. The van der Waals surface area contributed by atoms with Crippen LogP contribution in [-0.2, 0) is 6.42 Å². The van der Waals surface area contributed by atoms with Crippen molar-refractivity contribution in [2.24, 2.45) is 0 Å². The van der Waals surface area contributed by atoms with Gasteiger partial charge in [-0.1, -0.05) is 18.2 Å². The summed E-state index contributed by atoms with van der Waals surface area (Å²) in [6, 6.07) is 13.6. The van der Waals surface area contributed by atoms with E-state index in [-0.39, 0.29) is 0 Å². The molecule has 3 rings (SSSR count). The Morgan fingerprint density at radius 3 is 2.33 bits per heavy atom. The lowest BCUT2D eigenvalue weighted by atomic mass is 10.0. The Balaban J connectivity index is 1.60. The Morgan fingerprint density at radius 2 is 1.67 bits per heavy atom. The molecule has 0 spiro atoms. The first-order valence-electron chi connectivity index (χ1n) is 9.89. The molecule has 0 aromatic heterocycles. The fraction of sp³-hybridized carbons (Fsp3) is 0.478. The number of nitrogens with zero attached hydrogens (tertiary/aromatic N) is 1. The minimum absolute atomic E-state index is 0.587. The maximum absolute atomic E-state index is 5.45. The van der Waals surface area contributed by atoms with Crippen molar-refractivity contribution < 1.29 is 14.4 Å². The number of hydrogen-bond acceptors (Lipinski definition) is 3. The smallest absolute Gasteiger partial charge is 0.160 e. The van der Waals surface area contributed by atoms with Crippen LogP contribution in [0.4, 0.5) is 5.69 Å². The summed E-state index contributed by atoms with van der Waals surface area (Å²) < 4.78 is 10.8. The van der Waals surface area contributed by atoms with Crippen LogP contribution < -0.4 is 19.3 Å². The molecule has 1 aliphatic rings. The number of nitrogens with one attached hydrogen (secondary N) is 1. The lowest BCUT2D eigenvalue weighted by molar-refractivity contribution is -0.923. The molecule has 4 nitrogen and oxygen atoms in total. The Morgan fingerprint density at radius 1 is 0.963 bits per heavy atom. The van der Waals surface area contributed by atoms with Crippen LogP contribution in [0.25, 0.3) is 0 Å². The summed E-state index contributed by atoms with van der Waals surface area (Å²) in [4.78, 5) is 4.24. The van der Waals surface area contributed by atoms with Gasteiger partial charge in [0.25, 0.3) is 0 Å².